The molecule has 3 heteroatoms. The van der Waals surface area contributed by atoms with E-state index in [1.165, 1.54) is 5.56 Å². The van der Waals surface area contributed by atoms with Crippen LogP contribution >= 0.6 is 0 Å². The molecule has 0 atom stereocenters. The number of hydrogen-bond donors (Lipinski definition) is 1. The predicted octanol–water partition coefficient (Wildman–Crippen LogP) is 2.22. The Morgan fingerprint density at radius 1 is 1.19 bits per heavy atom. The summed E-state index contributed by atoms with van der Waals surface area (Å²) in [6, 6.07) is 6.63. The molecule has 0 amide bonds. The molecule has 84 valence electrons. The number of para-hydroxylation sites is 1. The van der Waals surface area contributed by atoms with Gasteiger partial charge in [-0.25, -0.2) is 0 Å². The standard InChI is InChI=1S/C13H15NO2/c1-2-6-11(5-1)14-8-10-4-3-7-12-13(10)16-9-15-12/h1-4,7,11,14H,5-6,8-9H2. The Morgan fingerprint density at radius 3 is 2.94 bits per heavy atom. The van der Waals surface area contributed by atoms with Gasteiger partial charge in [-0.2, -0.15) is 0 Å². The molecule has 3 nitrogen and oxygen atoms in total. The molecular weight excluding hydrogens is 202 g/mol. The maximum atomic E-state index is 5.47. The zero-order chi connectivity index (χ0) is 10.8. The molecule has 16 heavy (non-hydrogen) atoms. The molecular formula is C13H15NO2. The highest BCUT2D eigenvalue weighted by Gasteiger charge is 2.17. The predicted molar refractivity (Wildman–Crippen MR) is 61.6 cm³/mol. The van der Waals surface area contributed by atoms with E-state index in [9.17, 15) is 0 Å². The van der Waals surface area contributed by atoms with Crippen molar-refractivity contribution in [3.8, 4) is 11.5 Å². The smallest absolute Gasteiger partial charge is 0.231 e. The Hall–Kier alpha value is -1.48. The van der Waals surface area contributed by atoms with Crippen LogP contribution < -0.4 is 14.8 Å². The lowest BCUT2D eigenvalue weighted by atomic mass is 10.1. The van der Waals surface area contributed by atoms with Crippen molar-refractivity contribution in [3.63, 3.8) is 0 Å². The van der Waals surface area contributed by atoms with Gasteiger partial charge in [-0.1, -0.05) is 24.3 Å². The zero-order valence-corrected chi connectivity index (χ0v) is 9.11. The van der Waals surface area contributed by atoms with E-state index >= 15 is 0 Å². The Balaban J connectivity index is 1.68. The van der Waals surface area contributed by atoms with Crippen molar-refractivity contribution in [2.24, 2.45) is 0 Å². The van der Waals surface area contributed by atoms with Crippen LogP contribution in [-0.2, 0) is 6.54 Å². The van der Waals surface area contributed by atoms with Crippen molar-refractivity contribution >= 4 is 0 Å². The van der Waals surface area contributed by atoms with E-state index < -0.39 is 0 Å². The van der Waals surface area contributed by atoms with Gasteiger partial charge in [-0.05, 0) is 18.9 Å². The molecule has 0 bridgehead atoms. The lowest BCUT2D eigenvalue weighted by Crippen LogP contribution is -2.25. The van der Waals surface area contributed by atoms with Crippen LogP contribution in [0.25, 0.3) is 0 Å². The summed E-state index contributed by atoms with van der Waals surface area (Å²) in [6.07, 6.45) is 6.72. The molecule has 0 saturated carbocycles. The zero-order valence-electron chi connectivity index (χ0n) is 9.11. The number of rotatable bonds is 3. The van der Waals surface area contributed by atoms with Gasteiger partial charge in [-0.3, -0.25) is 0 Å². The minimum atomic E-state index is 0.345. The van der Waals surface area contributed by atoms with Gasteiger partial charge < -0.3 is 14.8 Å². The summed E-state index contributed by atoms with van der Waals surface area (Å²) < 4.78 is 10.8. The third-order valence-corrected chi connectivity index (χ3v) is 3.07. The number of hydrogen-bond acceptors (Lipinski definition) is 3. The molecule has 1 N–H and O–H groups in total. The normalized spacial score (nSPS) is 18.2. The van der Waals surface area contributed by atoms with Crippen LogP contribution in [0.3, 0.4) is 0 Å². The molecule has 1 aromatic carbocycles. The van der Waals surface area contributed by atoms with Crippen molar-refractivity contribution < 1.29 is 9.47 Å². The van der Waals surface area contributed by atoms with Crippen molar-refractivity contribution in [2.45, 2.75) is 25.4 Å². The summed E-state index contributed by atoms with van der Waals surface area (Å²) >= 11 is 0. The van der Waals surface area contributed by atoms with Crippen molar-refractivity contribution in [1.29, 1.82) is 0 Å². The van der Waals surface area contributed by atoms with E-state index in [1.807, 2.05) is 12.1 Å². The highest BCUT2D eigenvalue weighted by Crippen LogP contribution is 2.35. The molecule has 2 aliphatic rings. The van der Waals surface area contributed by atoms with Crippen LogP contribution in [0.15, 0.2) is 30.4 Å². The molecule has 3 rings (SSSR count). The van der Waals surface area contributed by atoms with Gasteiger partial charge in [-0.15, -0.1) is 0 Å². The SMILES string of the molecule is C1=CCC(NCc2cccc3c2OCO3)C1. The van der Waals surface area contributed by atoms with E-state index in [4.69, 9.17) is 9.47 Å². The Bertz CT molecular complexity index is 406. The highest BCUT2D eigenvalue weighted by molar-refractivity contribution is 5.48. The van der Waals surface area contributed by atoms with E-state index in [0.29, 0.717) is 12.8 Å². The summed E-state index contributed by atoms with van der Waals surface area (Å²) in [7, 11) is 0. The Morgan fingerprint density at radius 2 is 2.06 bits per heavy atom. The van der Waals surface area contributed by atoms with E-state index in [1.54, 1.807) is 0 Å². The minimum Gasteiger partial charge on any atom is -0.454 e. The third kappa shape index (κ3) is 1.78. The third-order valence-electron chi connectivity index (χ3n) is 3.07. The molecule has 1 aliphatic carbocycles. The molecule has 0 fully saturated rings. The van der Waals surface area contributed by atoms with E-state index in [-0.39, 0.29) is 0 Å². The van der Waals surface area contributed by atoms with Gasteiger partial charge in [0.1, 0.15) is 0 Å². The largest absolute Gasteiger partial charge is 0.454 e. The first-order valence-corrected chi connectivity index (χ1v) is 5.69. The summed E-state index contributed by atoms with van der Waals surface area (Å²) in [4.78, 5) is 0. The fraction of sp³-hybridized carbons (Fsp3) is 0.385. The number of nitrogens with one attached hydrogen (secondary N) is 1. The van der Waals surface area contributed by atoms with Gasteiger partial charge in [0.15, 0.2) is 11.5 Å². The molecule has 0 unspecified atom stereocenters. The highest BCUT2D eigenvalue weighted by atomic mass is 16.7. The average molecular weight is 217 g/mol. The van der Waals surface area contributed by atoms with Gasteiger partial charge in [0.25, 0.3) is 0 Å². The van der Waals surface area contributed by atoms with E-state index in [0.717, 1.165) is 30.9 Å². The van der Waals surface area contributed by atoms with Gasteiger partial charge in [0.05, 0.1) is 0 Å². The van der Waals surface area contributed by atoms with Crippen LogP contribution in [-0.4, -0.2) is 12.8 Å². The van der Waals surface area contributed by atoms with E-state index in [2.05, 4.69) is 23.5 Å². The van der Waals surface area contributed by atoms with Gasteiger partial charge in [0, 0.05) is 18.2 Å². The second kappa shape index (κ2) is 4.18. The molecule has 1 heterocycles. The number of fused-ring (bicyclic) bond motifs is 1. The van der Waals surface area contributed by atoms with Crippen LogP contribution in [0.2, 0.25) is 0 Å². The van der Waals surface area contributed by atoms with Crippen LogP contribution in [0.4, 0.5) is 0 Å². The average Bonchev–Trinajstić information content (AvgIpc) is 2.97. The van der Waals surface area contributed by atoms with Crippen LogP contribution in [0.5, 0.6) is 11.5 Å². The first-order chi connectivity index (χ1) is 7.93. The van der Waals surface area contributed by atoms with Gasteiger partial charge in [0.2, 0.25) is 6.79 Å². The Labute approximate surface area is 95.1 Å². The lowest BCUT2D eigenvalue weighted by Gasteiger charge is -2.12. The summed E-state index contributed by atoms with van der Waals surface area (Å²) in [5.74, 6) is 1.77. The van der Waals surface area contributed by atoms with Crippen molar-refractivity contribution in [1.82, 2.24) is 5.32 Å². The fourth-order valence-corrected chi connectivity index (χ4v) is 2.17. The quantitative estimate of drug-likeness (QED) is 0.787. The fourth-order valence-electron chi connectivity index (χ4n) is 2.17. The summed E-state index contributed by atoms with van der Waals surface area (Å²) in [5, 5.41) is 3.53. The molecule has 0 radical (unpaired) electrons. The molecule has 0 saturated heterocycles. The van der Waals surface area contributed by atoms with Crippen molar-refractivity contribution in [3.05, 3.63) is 35.9 Å². The monoisotopic (exact) mass is 217 g/mol. The lowest BCUT2D eigenvalue weighted by molar-refractivity contribution is 0.173. The first-order valence-electron chi connectivity index (χ1n) is 5.69. The number of ether oxygens (including phenoxy) is 2. The topological polar surface area (TPSA) is 30.5 Å². The second-order valence-electron chi connectivity index (χ2n) is 4.17. The Kier molecular flexibility index (Phi) is 2.54. The molecule has 1 aliphatic heterocycles. The summed E-state index contributed by atoms with van der Waals surface area (Å²) in [5.41, 5.74) is 1.18. The minimum absolute atomic E-state index is 0.345. The maximum Gasteiger partial charge on any atom is 0.231 e. The first kappa shape index (κ1) is 9.73. The summed E-state index contributed by atoms with van der Waals surface area (Å²) in [6.45, 7) is 1.19. The van der Waals surface area contributed by atoms with Gasteiger partial charge >= 0.3 is 0 Å². The molecule has 1 aromatic rings. The molecule has 0 aromatic heterocycles. The second-order valence-corrected chi connectivity index (χ2v) is 4.17. The maximum absolute atomic E-state index is 5.47. The molecule has 0 spiro atoms. The van der Waals surface area contributed by atoms with Crippen LogP contribution in [0, 0.1) is 0 Å². The van der Waals surface area contributed by atoms with Crippen molar-refractivity contribution in [2.75, 3.05) is 6.79 Å². The number of benzene rings is 1. The van der Waals surface area contributed by atoms with Crippen LogP contribution in [0.1, 0.15) is 18.4 Å².